The molecule has 1 aromatic heterocycles. The molecule has 0 spiro atoms. The lowest BCUT2D eigenvalue weighted by Gasteiger charge is -2.17. The number of aromatic nitrogens is 2. The van der Waals surface area contributed by atoms with Gasteiger partial charge in [0.05, 0.1) is 17.1 Å². The Hall–Kier alpha value is -1.79. The second kappa shape index (κ2) is 9.14. The van der Waals surface area contributed by atoms with Crippen LogP contribution in [0.3, 0.4) is 0 Å². The summed E-state index contributed by atoms with van der Waals surface area (Å²) in [5.74, 6) is -0.437. The van der Waals surface area contributed by atoms with Crippen LogP contribution in [0.25, 0.3) is 0 Å². The molecule has 0 aliphatic heterocycles. The first-order valence-electron chi connectivity index (χ1n) is 7.91. The van der Waals surface area contributed by atoms with Gasteiger partial charge in [-0.1, -0.05) is 51.2 Å². The van der Waals surface area contributed by atoms with Gasteiger partial charge in [0, 0.05) is 16.4 Å². The maximum absolute atomic E-state index is 12.6. The Balaban J connectivity index is 1.69. The van der Waals surface area contributed by atoms with Crippen molar-refractivity contribution in [2.24, 2.45) is 0 Å². The van der Waals surface area contributed by atoms with Gasteiger partial charge in [-0.2, -0.15) is 4.31 Å². The highest BCUT2D eigenvalue weighted by Gasteiger charge is 2.23. The van der Waals surface area contributed by atoms with E-state index in [9.17, 15) is 13.2 Å². The predicted octanol–water partition coefficient (Wildman–Crippen LogP) is 3.71. The second-order valence-electron chi connectivity index (χ2n) is 5.57. The van der Waals surface area contributed by atoms with Crippen LogP contribution >= 0.6 is 39.0 Å². The predicted molar refractivity (Wildman–Crippen MR) is 113 cm³/mol. The van der Waals surface area contributed by atoms with Crippen LogP contribution in [0, 0.1) is 0 Å². The van der Waals surface area contributed by atoms with Crippen LogP contribution in [0.2, 0.25) is 0 Å². The third-order valence-electron chi connectivity index (χ3n) is 3.59. The molecule has 11 heteroatoms. The van der Waals surface area contributed by atoms with Gasteiger partial charge in [-0.25, -0.2) is 8.42 Å². The number of carbonyl (C=O) groups excluding carboxylic acids is 1. The van der Waals surface area contributed by atoms with E-state index in [2.05, 4.69) is 31.4 Å². The zero-order valence-electron chi connectivity index (χ0n) is 14.6. The molecule has 28 heavy (non-hydrogen) atoms. The fourth-order valence-corrected chi connectivity index (χ4v) is 5.14. The summed E-state index contributed by atoms with van der Waals surface area (Å²) in [4.78, 5) is 13.4. The summed E-state index contributed by atoms with van der Waals surface area (Å²) >= 11 is 6.05. The molecule has 0 unspecified atom stereocenters. The van der Waals surface area contributed by atoms with Gasteiger partial charge in [0.15, 0.2) is 4.34 Å². The van der Waals surface area contributed by atoms with Crippen molar-refractivity contribution >= 4 is 60.6 Å². The molecule has 0 radical (unpaired) electrons. The highest BCUT2D eigenvalue weighted by molar-refractivity contribution is 9.10. The van der Waals surface area contributed by atoms with Crippen molar-refractivity contribution in [1.29, 1.82) is 0 Å². The standard InChI is InChI=1S/C17H15BrN4O3S3/c1-22(28(24,25)13-8-6-12(18)7-9-13)10-16(23)20-14-4-2-3-5-15(14)27-17-21-19-11-26-17/h2-9,11H,10H2,1H3,(H,20,23). The number of benzene rings is 2. The monoisotopic (exact) mass is 498 g/mol. The van der Waals surface area contributed by atoms with E-state index in [1.54, 1.807) is 29.8 Å². The van der Waals surface area contributed by atoms with Gasteiger partial charge in [-0.15, -0.1) is 10.2 Å². The van der Waals surface area contributed by atoms with E-state index in [0.717, 1.165) is 18.0 Å². The van der Waals surface area contributed by atoms with Crippen LogP contribution in [0.1, 0.15) is 0 Å². The number of hydrogen-bond donors (Lipinski definition) is 1. The fourth-order valence-electron chi connectivity index (χ4n) is 2.22. The van der Waals surface area contributed by atoms with E-state index in [0.29, 0.717) is 5.69 Å². The number of nitrogens with one attached hydrogen (secondary N) is 1. The number of carbonyl (C=O) groups is 1. The highest BCUT2D eigenvalue weighted by Crippen LogP contribution is 2.33. The Bertz CT molecular complexity index is 1060. The summed E-state index contributed by atoms with van der Waals surface area (Å²) in [6.07, 6.45) is 0. The van der Waals surface area contributed by atoms with Gasteiger partial charge in [-0.05, 0) is 36.4 Å². The summed E-state index contributed by atoms with van der Waals surface area (Å²) in [5.41, 5.74) is 2.22. The van der Waals surface area contributed by atoms with Crippen LogP contribution < -0.4 is 5.32 Å². The summed E-state index contributed by atoms with van der Waals surface area (Å²) in [7, 11) is -2.39. The third kappa shape index (κ3) is 5.17. The van der Waals surface area contributed by atoms with Crippen LogP contribution in [-0.2, 0) is 14.8 Å². The largest absolute Gasteiger partial charge is 0.324 e. The molecule has 1 heterocycles. The molecule has 0 fully saturated rings. The lowest BCUT2D eigenvalue weighted by atomic mass is 10.3. The van der Waals surface area contributed by atoms with Gasteiger partial charge in [-0.3, -0.25) is 4.79 Å². The SMILES string of the molecule is CN(CC(=O)Nc1ccccc1Sc1nncs1)S(=O)(=O)c1ccc(Br)cc1. The van der Waals surface area contributed by atoms with Crippen LogP contribution in [-0.4, -0.2) is 42.4 Å². The molecule has 1 amide bonds. The average Bonchev–Trinajstić information content (AvgIpc) is 3.16. The van der Waals surface area contributed by atoms with Gasteiger partial charge in [0.1, 0.15) is 5.51 Å². The van der Waals surface area contributed by atoms with Crippen molar-refractivity contribution in [2.45, 2.75) is 14.1 Å². The lowest BCUT2D eigenvalue weighted by molar-refractivity contribution is -0.116. The van der Waals surface area contributed by atoms with Crippen molar-refractivity contribution in [3.8, 4) is 0 Å². The zero-order chi connectivity index (χ0) is 20.1. The summed E-state index contributed by atoms with van der Waals surface area (Å²) in [6, 6.07) is 13.5. The van der Waals surface area contributed by atoms with Crippen LogP contribution in [0.4, 0.5) is 5.69 Å². The van der Waals surface area contributed by atoms with Crippen LogP contribution in [0.5, 0.6) is 0 Å². The molecule has 3 rings (SSSR count). The summed E-state index contributed by atoms with van der Waals surface area (Å²) in [5, 5.41) is 10.5. The number of anilines is 1. The maximum Gasteiger partial charge on any atom is 0.243 e. The molecule has 0 saturated heterocycles. The minimum absolute atomic E-state index is 0.123. The van der Waals surface area contributed by atoms with Gasteiger partial charge in [0.25, 0.3) is 0 Å². The molecule has 2 aromatic carbocycles. The Kier molecular flexibility index (Phi) is 6.83. The van der Waals surface area contributed by atoms with Gasteiger partial charge in [0.2, 0.25) is 15.9 Å². The Labute approximate surface area is 179 Å². The van der Waals surface area contributed by atoms with E-state index < -0.39 is 15.9 Å². The Morgan fingerprint density at radius 3 is 2.61 bits per heavy atom. The first-order chi connectivity index (χ1) is 13.4. The van der Waals surface area contributed by atoms with Crippen molar-refractivity contribution in [3.05, 3.63) is 58.5 Å². The topological polar surface area (TPSA) is 92.3 Å². The maximum atomic E-state index is 12.6. The van der Waals surface area contributed by atoms with E-state index >= 15 is 0 Å². The lowest BCUT2D eigenvalue weighted by Crippen LogP contribution is -2.35. The third-order valence-corrected chi connectivity index (χ3v) is 7.79. The number of halogens is 1. The second-order valence-corrected chi connectivity index (χ2v) is 10.6. The minimum atomic E-state index is -3.76. The average molecular weight is 499 g/mol. The van der Waals surface area contributed by atoms with Crippen molar-refractivity contribution in [1.82, 2.24) is 14.5 Å². The smallest absolute Gasteiger partial charge is 0.243 e. The molecular formula is C17H15BrN4O3S3. The van der Waals surface area contributed by atoms with Crippen molar-refractivity contribution in [3.63, 3.8) is 0 Å². The number of para-hydroxylation sites is 1. The molecule has 0 bridgehead atoms. The number of sulfonamides is 1. The quantitative estimate of drug-likeness (QED) is 0.533. The number of amides is 1. The number of rotatable bonds is 7. The van der Waals surface area contributed by atoms with E-state index in [4.69, 9.17) is 0 Å². The van der Waals surface area contributed by atoms with E-state index in [1.807, 2.05) is 12.1 Å². The Morgan fingerprint density at radius 1 is 1.21 bits per heavy atom. The summed E-state index contributed by atoms with van der Waals surface area (Å²) < 4.78 is 27.8. The molecule has 0 atom stereocenters. The normalized spacial score (nSPS) is 11.5. The van der Waals surface area contributed by atoms with E-state index in [1.165, 1.54) is 42.3 Å². The zero-order valence-corrected chi connectivity index (χ0v) is 18.6. The molecule has 1 N–H and O–H groups in total. The number of likely N-dealkylation sites (N-methyl/N-ethyl adjacent to an activating group) is 1. The molecule has 3 aromatic rings. The molecule has 0 saturated carbocycles. The van der Waals surface area contributed by atoms with Crippen LogP contribution in [0.15, 0.2) is 72.6 Å². The van der Waals surface area contributed by atoms with Gasteiger partial charge < -0.3 is 5.32 Å². The van der Waals surface area contributed by atoms with Crippen molar-refractivity contribution in [2.75, 3.05) is 18.9 Å². The molecule has 146 valence electrons. The Morgan fingerprint density at radius 2 is 1.93 bits per heavy atom. The highest BCUT2D eigenvalue weighted by atomic mass is 79.9. The first kappa shape index (κ1) is 20.9. The first-order valence-corrected chi connectivity index (χ1v) is 11.8. The van der Waals surface area contributed by atoms with E-state index in [-0.39, 0.29) is 11.4 Å². The molecular weight excluding hydrogens is 484 g/mol. The molecule has 0 aliphatic rings. The summed E-state index contributed by atoms with van der Waals surface area (Å²) in [6.45, 7) is -0.309. The number of nitrogens with zero attached hydrogens (tertiary/aromatic N) is 3. The fraction of sp³-hybridized carbons (Fsp3) is 0.118. The molecule has 7 nitrogen and oxygen atoms in total. The number of hydrogen-bond acceptors (Lipinski definition) is 7. The van der Waals surface area contributed by atoms with Crippen molar-refractivity contribution < 1.29 is 13.2 Å². The van der Waals surface area contributed by atoms with Gasteiger partial charge >= 0.3 is 0 Å². The minimum Gasteiger partial charge on any atom is -0.324 e. The molecule has 0 aliphatic carbocycles.